The van der Waals surface area contributed by atoms with Gasteiger partial charge >= 0.3 is 0 Å². The smallest absolute Gasteiger partial charge is 0.221 e. The molecule has 0 aliphatic rings. The molecule has 0 saturated heterocycles. The van der Waals surface area contributed by atoms with E-state index in [1.54, 1.807) is 13.3 Å². The third-order valence-corrected chi connectivity index (χ3v) is 5.56. The maximum atomic E-state index is 6.21. The van der Waals surface area contributed by atoms with E-state index in [0.29, 0.717) is 5.02 Å². The van der Waals surface area contributed by atoms with E-state index in [-0.39, 0.29) is 5.95 Å². The van der Waals surface area contributed by atoms with Crippen molar-refractivity contribution >= 4 is 50.9 Å². The number of halogens is 1. The van der Waals surface area contributed by atoms with Gasteiger partial charge in [-0.15, -0.1) is 0 Å². The molecule has 4 rings (SSSR count). The van der Waals surface area contributed by atoms with E-state index in [2.05, 4.69) is 20.6 Å². The fourth-order valence-electron chi connectivity index (χ4n) is 3.72. The van der Waals surface area contributed by atoms with Crippen LogP contribution < -0.4 is 21.1 Å². The Morgan fingerprint density at radius 3 is 2.47 bits per heavy atom. The van der Waals surface area contributed by atoms with Crippen molar-refractivity contribution in [3.05, 3.63) is 53.7 Å². The van der Waals surface area contributed by atoms with Crippen LogP contribution in [0.5, 0.6) is 5.75 Å². The standard InChI is InChI=1S/C24H27ClN6O/c1-32-17-7-9-20-19(15-17)23(18-8-6-16(25)14-21(18)30-20)28-12-5-3-2-4-11-27-22-10-13-29-24(26)31-22/h6-10,13-15H,2-5,11-12H2,1H3,(H,28,30)(H3,26,27,29,31). The van der Waals surface area contributed by atoms with Crippen LogP contribution in [0.15, 0.2) is 48.7 Å². The van der Waals surface area contributed by atoms with E-state index < -0.39 is 0 Å². The highest BCUT2D eigenvalue weighted by Crippen LogP contribution is 2.34. The Morgan fingerprint density at radius 1 is 0.875 bits per heavy atom. The first-order chi connectivity index (χ1) is 15.6. The molecular formula is C24H27ClN6O. The van der Waals surface area contributed by atoms with Crippen molar-refractivity contribution in [3.8, 4) is 5.75 Å². The predicted octanol–water partition coefficient (Wildman–Crippen LogP) is 5.51. The van der Waals surface area contributed by atoms with Crippen LogP contribution in [0.1, 0.15) is 25.7 Å². The molecule has 0 fully saturated rings. The summed E-state index contributed by atoms with van der Waals surface area (Å²) in [5.74, 6) is 1.87. The zero-order valence-corrected chi connectivity index (χ0v) is 18.8. The molecule has 4 N–H and O–H groups in total. The lowest BCUT2D eigenvalue weighted by atomic mass is 10.1. The Kier molecular flexibility index (Phi) is 7.07. The number of unbranched alkanes of at least 4 members (excludes halogenated alkanes) is 3. The molecule has 2 heterocycles. The molecule has 7 nitrogen and oxygen atoms in total. The molecule has 0 saturated carbocycles. The van der Waals surface area contributed by atoms with E-state index in [4.69, 9.17) is 27.1 Å². The van der Waals surface area contributed by atoms with Crippen LogP contribution in [0.2, 0.25) is 5.02 Å². The van der Waals surface area contributed by atoms with Gasteiger partial charge in [0.1, 0.15) is 11.6 Å². The fourth-order valence-corrected chi connectivity index (χ4v) is 3.89. The van der Waals surface area contributed by atoms with Crippen LogP contribution >= 0.6 is 11.6 Å². The topological polar surface area (TPSA) is 98.0 Å². The van der Waals surface area contributed by atoms with Gasteiger partial charge in [-0.2, -0.15) is 4.98 Å². The molecule has 0 unspecified atom stereocenters. The van der Waals surface area contributed by atoms with Gasteiger partial charge in [0.05, 0.1) is 23.8 Å². The van der Waals surface area contributed by atoms with Gasteiger partial charge < -0.3 is 21.1 Å². The van der Waals surface area contributed by atoms with Crippen molar-refractivity contribution in [2.45, 2.75) is 25.7 Å². The van der Waals surface area contributed by atoms with Crippen LogP contribution in [0.25, 0.3) is 21.8 Å². The summed E-state index contributed by atoms with van der Waals surface area (Å²) < 4.78 is 5.43. The second-order valence-electron chi connectivity index (χ2n) is 7.60. The molecule has 0 atom stereocenters. The Hall–Kier alpha value is -3.32. The number of ether oxygens (including phenoxy) is 1. The normalized spacial score (nSPS) is 11.1. The summed E-state index contributed by atoms with van der Waals surface area (Å²) in [7, 11) is 1.68. The first-order valence-corrected chi connectivity index (χ1v) is 11.1. The van der Waals surface area contributed by atoms with E-state index >= 15 is 0 Å². The fraction of sp³-hybridized carbons (Fsp3) is 0.292. The second kappa shape index (κ2) is 10.3. The second-order valence-corrected chi connectivity index (χ2v) is 8.04. The number of nitrogens with one attached hydrogen (secondary N) is 2. The quantitative estimate of drug-likeness (QED) is 0.216. The van der Waals surface area contributed by atoms with Gasteiger partial charge in [-0.05, 0) is 55.3 Å². The van der Waals surface area contributed by atoms with Crippen LogP contribution in [0.4, 0.5) is 17.5 Å². The molecule has 32 heavy (non-hydrogen) atoms. The third kappa shape index (κ3) is 5.29. The Bertz CT molecular complexity index is 1220. The number of anilines is 3. The summed E-state index contributed by atoms with van der Waals surface area (Å²) in [6.45, 7) is 1.74. The molecular weight excluding hydrogens is 424 g/mol. The van der Waals surface area contributed by atoms with Gasteiger partial charge in [0.2, 0.25) is 5.95 Å². The summed E-state index contributed by atoms with van der Waals surface area (Å²) in [5.41, 5.74) is 8.47. The number of methoxy groups -OCH3 is 1. The molecule has 2 aromatic carbocycles. The molecule has 8 heteroatoms. The highest BCUT2D eigenvalue weighted by atomic mass is 35.5. The molecule has 0 aliphatic carbocycles. The molecule has 0 radical (unpaired) electrons. The number of aromatic nitrogens is 3. The number of hydrogen-bond donors (Lipinski definition) is 3. The van der Waals surface area contributed by atoms with Crippen LogP contribution in [0, 0.1) is 0 Å². The first kappa shape index (κ1) is 21.9. The van der Waals surface area contributed by atoms with Crippen molar-refractivity contribution < 1.29 is 4.74 Å². The lowest BCUT2D eigenvalue weighted by molar-refractivity contribution is 0.415. The SMILES string of the molecule is COc1ccc2nc3cc(Cl)ccc3c(NCCCCCCNc3ccnc(N)n3)c2c1. The maximum Gasteiger partial charge on any atom is 0.221 e. The maximum absolute atomic E-state index is 6.21. The highest BCUT2D eigenvalue weighted by molar-refractivity contribution is 6.31. The Balaban J connectivity index is 1.34. The molecule has 0 bridgehead atoms. The minimum atomic E-state index is 0.289. The van der Waals surface area contributed by atoms with Gasteiger partial charge in [-0.3, -0.25) is 0 Å². The van der Waals surface area contributed by atoms with E-state index in [1.165, 1.54) is 0 Å². The van der Waals surface area contributed by atoms with Crippen LogP contribution in [-0.4, -0.2) is 35.2 Å². The monoisotopic (exact) mass is 450 g/mol. The lowest BCUT2D eigenvalue weighted by Gasteiger charge is -2.14. The Morgan fingerprint density at radius 2 is 1.69 bits per heavy atom. The zero-order chi connectivity index (χ0) is 22.3. The predicted molar refractivity (Wildman–Crippen MR) is 133 cm³/mol. The lowest BCUT2D eigenvalue weighted by Crippen LogP contribution is -2.06. The molecule has 0 aliphatic heterocycles. The van der Waals surface area contributed by atoms with Gasteiger partial charge in [0.15, 0.2) is 0 Å². The van der Waals surface area contributed by atoms with Crippen molar-refractivity contribution in [1.29, 1.82) is 0 Å². The molecule has 2 aromatic heterocycles. The summed E-state index contributed by atoms with van der Waals surface area (Å²) >= 11 is 6.21. The van der Waals surface area contributed by atoms with Gasteiger partial charge in [0, 0.05) is 35.1 Å². The average Bonchev–Trinajstić information content (AvgIpc) is 2.79. The number of nitrogens with zero attached hydrogens (tertiary/aromatic N) is 3. The van der Waals surface area contributed by atoms with Crippen molar-refractivity contribution in [1.82, 2.24) is 15.0 Å². The Labute approximate surface area is 192 Å². The highest BCUT2D eigenvalue weighted by Gasteiger charge is 2.10. The zero-order valence-electron chi connectivity index (χ0n) is 18.1. The molecule has 0 spiro atoms. The summed E-state index contributed by atoms with van der Waals surface area (Å²) in [6, 6.07) is 13.6. The number of fused-ring (bicyclic) bond motifs is 2. The minimum Gasteiger partial charge on any atom is -0.497 e. The number of rotatable bonds is 10. The third-order valence-electron chi connectivity index (χ3n) is 5.33. The average molecular weight is 451 g/mol. The number of hydrogen-bond acceptors (Lipinski definition) is 7. The van der Waals surface area contributed by atoms with Crippen molar-refractivity contribution in [2.24, 2.45) is 0 Å². The summed E-state index contributed by atoms with van der Waals surface area (Å²) in [5, 5.41) is 9.71. The molecule has 166 valence electrons. The van der Waals surface area contributed by atoms with Crippen molar-refractivity contribution in [2.75, 3.05) is 36.6 Å². The van der Waals surface area contributed by atoms with E-state index in [9.17, 15) is 0 Å². The summed E-state index contributed by atoms with van der Waals surface area (Å²) in [6.07, 6.45) is 6.07. The van der Waals surface area contributed by atoms with Gasteiger partial charge in [-0.1, -0.05) is 24.4 Å². The van der Waals surface area contributed by atoms with E-state index in [1.807, 2.05) is 42.5 Å². The summed E-state index contributed by atoms with van der Waals surface area (Å²) in [4.78, 5) is 12.8. The number of nitrogen functional groups attached to an aromatic ring is 1. The van der Waals surface area contributed by atoms with Crippen molar-refractivity contribution in [3.63, 3.8) is 0 Å². The van der Waals surface area contributed by atoms with Gasteiger partial charge in [-0.25, -0.2) is 9.97 Å². The minimum absolute atomic E-state index is 0.289. The number of benzene rings is 2. The first-order valence-electron chi connectivity index (χ1n) is 10.8. The molecule has 4 aromatic rings. The molecule has 0 amide bonds. The number of nitrogens with two attached hydrogens (primary N) is 1. The van der Waals surface area contributed by atoms with E-state index in [0.717, 1.165) is 77.8 Å². The van der Waals surface area contributed by atoms with Gasteiger partial charge in [0.25, 0.3) is 0 Å². The van der Waals surface area contributed by atoms with Crippen LogP contribution in [-0.2, 0) is 0 Å². The number of pyridine rings is 1. The van der Waals surface area contributed by atoms with Crippen LogP contribution in [0.3, 0.4) is 0 Å². The largest absolute Gasteiger partial charge is 0.497 e.